The summed E-state index contributed by atoms with van der Waals surface area (Å²) in [5.74, 6) is -0.643. The molecule has 49 heavy (non-hydrogen) atoms. The van der Waals surface area contributed by atoms with Crippen LogP contribution in [0, 0.1) is 47.3 Å². The molecule has 4 saturated carbocycles. The fourth-order valence-corrected chi connectivity index (χ4v) is 11.4. The van der Waals surface area contributed by atoms with Crippen LogP contribution in [-0.2, 0) is 17.1 Å². The van der Waals surface area contributed by atoms with Crippen molar-refractivity contribution < 1.29 is 57.9 Å². The first-order chi connectivity index (χ1) is 23.0. The summed E-state index contributed by atoms with van der Waals surface area (Å²) in [4.78, 5) is 0. The summed E-state index contributed by atoms with van der Waals surface area (Å²) in [6.45, 7) is 0. The zero-order valence-corrected chi connectivity index (χ0v) is 28.1. The van der Waals surface area contributed by atoms with E-state index < -0.39 is 48.8 Å². The molecule has 0 aromatic rings. The van der Waals surface area contributed by atoms with E-state index >= 15 is 0 Å². The predicted molar refractivity (Wildman–Crippen MR) is 169 cm³/mol. The van der Waals surface area contributed by atoms with Crippen molar-refractivity contribution in [2.45, 2.75) is 150 Å². The fraction of sp³-hybridized carbons (Fsp3) is 1.00. The minimum absolute atomic E-state index is 0. The third-order valence-corrected chi connectivity index (χ3v) is 14.0. The molecule has 0 spiro atoms. The molecule has 5 saturated heterocycles. The van der Waals surface area contributed by atoms with Gasteiger partial charge in [-0.2, -0.15) is 0 Å². The van der Waals surface area contributed by atoms with Gasteiger partial charge in [0, 0.05) is 0 Å². The molecule has 5 aliphatic heterocycles. The molecule has 12 N–H and O–H groups in total. The Morgan fingerprint density at radius 3 is 0.510 bits per heavy atom. The Labute approximate surface area is 296 Å². The Kier molecular flexibility index (Phi) is 9.98. The molecule has 9 aliphatic rings. The van der Waals surface area contributed by atoms with E-state index in [9.17, 15) is 40.9 Å². The van der Waals surface area contributed by atoms with Crippen LogP contribution in [0.5, 0.6) is 0 Å². The van der Waals surface area contributed by atoms with Crippen molar-refractivity contribution in [3.63, 3.8) is 0 Å². The standard InChI is InChI=1S/C32H52N8O8.Cu/c41-17-1-9-10(2-18(17)42)26-33-25(9)37-27-11-3-19(43)20(44)4-12(11)29(34-27)39-31-15-7-23(47)24(48)8-16(15)32(36-31)40-30-14-6-22(46)21(45)5-13(14)28(35-30)38-26;/h9-32,37-48H,1-8H2;/q-4;+2. The average molecular weight is 740 g/mol. The summed E-state index contributed by atoms with van der Waals surface area (Å²) in [5, 5.41) is 122. The third-order valence-electron chi connectivity index (χ3n) is 14.0. The van der Waals surface area contributed by atoms with Crippen molar-refractivity contribution in [2.75, 3.05) is 0 Å². The number of aliphatic hydroxyl groups is 8. The summed E-state index contributed by atoms with van der Waals surface area (Å²) in [7, 11) is 0. The minimum Gasteiger partial charge on any atom is -0.632 e. The molecule has 24 unspecified atom stereocenters. The quantitative estimate of drug-likeness (QED) is 0.115. The van der Waals surface area contributed by atoms with Crippen molar-refractivity contribution in [3.8, 4) is 0 Å². The van der Waals surface area contributed by atoms with Crippen molar-refractivity contribution in [3.05, 3.63) is 21.3 Å². The molecular formula is C32H52CuN8O8-2. The topological polar surface area (TPSA) is 266 Å². The van der Waals surface area contributed by atoms with Gasteiger partial charge in [0.2, 0.25) is 0 Å². The van der Waals surface area contributed by atoms with E-state index in [0.717, 1.165) is 0 Å². The summed E-state index contributed by atoms with van der Waals surface area (Å²) in [6.07, 6.45) is -7.05. The molecule has 0 aromatic heterocycles. The van der Waals surface area contributed by atoms with Gasteiger partial charge in [0.05, 0.1) is 48.8 Å². The largest absolute Gasteiger partial charge is 2.00 e. The number of hydrogen-bond donors (Lipinski definition) is 12. The maximum atomic E-state index is 10.8. The van der Waals surface area contributed by atoms with Crippen molar-refractivity contribution in [2.24, 2.45) is 47.3 Å². The molecule has 0 aromatic carbocycles. The van der Waals surface area contributed by atoms with Crippen LogP contribution < -0.4 is 21.3 Å². The van der Waals surface area contributed by atoms with Crippen LogP contribution in [0.3, 0.4) is 0 Å². The molecular weight excluding hydrogens is 688 g/mol. The second-order valence-electron chi connectivity index (χ2n) is 16.6. The van der Waals surface area contributed by atoms with Gasteiger partial charge in [0.25, 0.3) is 0 Å². The van der Waals surface area contributed by atoms with Crippen LogP contribution in [0.2, 0.25) is 0 Å². The number of rotatable bonds is 0. The van der Waals surface area contributed by atoms with Crippen LogP contribution in [-0.4, -0.2) is 139 Å². The maximum Gasteiger partial charge on any atom is 2.00 e. The van der Waals surface area contributed by atoms with Crippen molar-refractivity contribution in [1.29, 1.82) is 0 Å². The number of hydrogen-bond acceptors (Lipinski definition) is 12. The zero-order chi connectivity index (χ0) is 33.2. The SMILES string of the molecule is OC1CC2C3[N-]C(NC4[N-]C(NC5[N-]C(NC6[N-]C(N3)C3CC(O)C(O)CC63)C3CC(O)C(O)CC53)C3CC(O)C(O)CC43)C2CC1O.[Cu+2]. The van der Waals surface area contributed by atoms with Gasteiger partial charge < -0.3 is 83.4 Å². The van der Waals surface area contributed by atoms with Crippen molar-refractivity contribution >= 4 is 0 Å². The Morgan fingerprint density at radius 2 is 0.388 bits per heavy atom. The molecule has 9 rings (SSSR count). The van der Waals surface area contributed by atoms with Gasteiger partial charge in [-0.3, -0.25) is 0 Å². The fourth-order valence-electron chi connectivity index (χ4n) is 11.4. The molecule has 4 aliphatic carbocycles. The molecule has 17 heteroatoms. The zero-order valence-electron chi connectivity index (χ0n) is 27.2. The summed E-state index contributed by atoms with van der Waals surface area (Å²) >= 11 is 0. The summed E-state index contributed by atoms with van der Waals surface area (Å²) in [5.41, 5.74) is 0. The molecule has 5 heterocycles. The molecule has 24 atom stereocenters. The Morgan fingerprint density at radius 1 is 0.265 bits per heavy atom. The normalized spacial score (nSPS) is 61.2. The first-order valence-corrected chi connectivity index (χ1v) is 18.3. The van der Waals surface area contributed by atoms with Gasteiger partial charge in [-0.05, 0) is 98.7 Å². The van der Waals surface area contributed by atoms with Gasteiger partial charge in [-0.1, -0.05) is 49.3 Å². The first kappa shape index (κ1) is 35.9. The van der Waals surface area contributed by atoms with E-state index in [1.807, 2.05) is 0 Å². The van der Waals surface area contributed by atoms with Crippen LogP contribution in [0.25, 0.3) is 21.3 Å². The summed E-state index contributed by atoms with van der Waals surface area (Å²) in [6, 6.07) is 0. The van der Waals surface area contributed by atoms with E-state index in [1.54, 1.807) is 0 Å². The number of nitrogens with zero attached hydrogens (tertiary/aromatic N) is 4. The molecule has 1 radical (unpaired) electrons. The smallest absolute Gasteiger partial charge is 0.632 e. The van der Waals surface area contributed by atoms with Crippen LogP contribution in [0.4, 0.5) is 0 Å². The van der Waals surface area contributed by atoms with Gasteiger partial charge >= 0.3 is 17.1 Å². The van der Waals surface area contributed by atoms with E-state index in [2.05, 4.69) is 21.3 Å². The Hall–Kier alpha value is -0.121. The molecule has 8 bridgehead atoms. The minimum atomic E-state index is -0.869. The molecule has 0 amide bonds. The predicted octanol–water partition coefficient (Wildman–Crippen LogP) is -2.49. The average Bonchev–Trinajstić information content (AvgIpc) is 3.74. The van der Waals surface area contributed by atoms with E-state index in [1.165, 1.54) is 0 Å². The molecule has 9 fully saturated rings. The van der Waals surface area contributed by atoms with Crippen LogP contribution in [0.1, 0.15) is 51.4 Å². The number of aliphatic hydroxyl groups excluding tert-OH is 8. The second-order valence-corrected chi connectivity index (χ2v) is 16.6. The number of nitrogens with one attached hydrogen (secondary N) is 4. The maximum absolute atomic E-state index is 10.8. The number of fused-ring (bicyclic) bond motifs is 20. The van der Waals surface area contributed by atoms with Crippen LogP contribution in [0.15, 0.2) is 0 Å². The molecule has 16 nitrogen and oxygen atoms in total. The van der Waals surface area contributed by atoms with Crippen molar-refractivity contribution in [1.82, 2.24) is 21.3 Å². The Balaban J connectivity index is 0.00000348. The van der Waals surface area contributed by atoms with E-state index in [0.29, 0.717) is 51.4 Å². The van der Waals surface area contributed by atoms with Gasteiger partial charge in [0.1, 0.15) is 0 Å². The summed E-state index contributed by atoms with van der Waals surface area (Å²) < 4.78 is 0. The van der Waals surface area contributed by atoms with Gasteiger partial charge in [-0.25, -0.2) is 0 Å². The third kappa shape index (κ3) is 6.16. The second kappa shape index (κ2) is 13.6. The van der Waals surface area contributed by atoms with Gasteiger partial charge in [-0.15, -0.1) is 0 Å². The monoisotopic (exact) mass is 739 g/mol. The molecule has 281 valence electrons. The first-order valence-electron chi connectivity index (χ1n) is 18.3. The van der Waals surface area contributed by atoms with E-state index in [-0.39, 0.29) is 114 Å². The van der Waals surface area contributed by atoms with Gasteiger partial charge in [0.15, 0.2) is 0 Å². The Bertz CT molecular complexity index is 948. The van der Waals surface area contributed by atoms with Crippen LogP contribution >= 0.6 is 0 Å². The van der Waals surface area contributed by atoms with E-state index in [4.69, 9.17) is 21.3 Å².